The minimum absolute atomic E-state index is 0.200. The van der Waals surface area contributed by atoms with Gasteiger partial charge in [0.2, 0.25) is 0 Å². The van der Waals surface area contributed by atoms with E-state index in [2.05, 4.69) is 5.43 Å². The van der Waals surface area contributed by atoms with Crippen LogP contribution >= 0.6 is 0 Å². The van der Waals surface area contributed by atoms with E-state index in [9.17, 15) is 14.4 Å². The summed E-state index contributed by atoms with van der Waals surface area (Å²) >= 11 is 0. The molecule has 0 saturated heterocycles. The Morgan fingerprint density at radius 2 is 1.48 bits per heavy atom. The molecule has 3 amide bonds. The summed E-state index contributed by atoms with van der Waals surface area (Å²) in [5.41, 5.74) is 5.34. The number of rotatable bonds is 5. The van der Waals surface area contributed by atoms with Gasteiger partial charge in [0.25, 0.3) is 17.7 Å². The number of carbonyl (C=O) groups excluding carboxylic acids is 3. The molecule has 1 aliphatic rings. The standard InChI is InChI=1S/C23H19N3O3/c1-25(18-10-6-3-7-11-18)24-21(27)17-12-13-19-20(14-17)23(29)26(22(19)28)15-16-8-4-2-5-9-16/h2-14H,15H2,1H3,(H,24,27). The van der Waals surface area contributed by atoms with Gasteiger partial charge in [0, 0.05) is 12.6 Å². The zero-order valence-corrected chi connectivity index (χ0v) is 15.8. The van der Waals surface area contributed by atoms with Gasteiger partial charge < -0.3 is 0 Å². The van der Waals surface area contributed by atoms with Crippen molar-refractivity contribution in [3.05, 3.63) is 101 Å². The molecule has 0 atom stereocenters. The maximum absolute atomic E-state index is 12.8. The minimum Gasteiger partial charge on any atom is -0.288 e. The van der Waals surface area contributed by atoms with Crippen molar-refractivity contribution < 1.29 is 14.4 Å². The molecule has 29 heavy (non-hydrogen) atoms. The first-order valence-electron chi connectivity index (χ1n) is 9.18. The topological polar surface area (TPSA) is 69.7 Å². The van der Waals surface area contributed by atoms with Crippen LogP contribution in [0.4, 0.5) is 5.69 Å². The van der Waals surface area contributed by atoms with E-state index >= 15 is 0 Å². The van der Waals surface area contributed by atoms with Gasteiger partial charge in [-0.3, -0.25) is 29.7 Å². The molecule has 3 aromatic rings. The van der Waals surface area contributed by atoms with Crippen molar-refractivity contribution in [2.24, 2.45) is 0 Å². The number of nitrogens with one attached hydrogen (secondary N) is 1. The zero-order valence-electron chi connectivity index (χ0n) is 15.8. The van der Waals surface area contributed by atoms with Gasteiger partial charge in [-0.2, -0.15) is 0 Å². The number of benzene rings is 3. The maximum Gasteiger partial charge on any atom is 0.269 e. The van der Waals surface area contributed by atoms with Crippen molar-refractivity contribution >= 4 is 23.4 Å². The highest BCUT2D eigenvalue weighted by Crippen LogP contribution is 2.25. The van der Waals surface area contributed by atoms with Crippen LogP contribution in [-0.2, 0) is 6.54 Å². The van der Waals surface area contributed by atoms with Crippen molar-refractivity contribution in [1.29, 1.82) is 0 Å². The number of fused-ring (bicyclic) bond motifs is 1. The van der Waals surface area contributed by atoms with Gasteiger partial charge in [0.1, 0.15) is 0 Å². The van der Waals surface area contributed by atoms with E-state index in [0.717, 1.165) is 11.3 Å². The fourth-order valence-corrected chi connectivity index (χ4v) is 3.27. The smallest absolute Gasteiger partial charge is 0.269 e. The molecule has 0 unspecified atom stereocenters. The van der Waals surface area contributed by atoms with Crippen LogP contribution in [-0.4, -0.2) is 29.7 Å². The van der Waals surface area contributed by atoms with E-state index in [0.29, 0.717) is 11.1 Å². The molecule has 0 radical (unpaired) electrons. The normalized spacial score (nSPS) is 12.7. The van der Waals surface area contributed by atoms with Crippen LogP contribution in [0.5, 0.6) is 0 Å². The van der Waals surface area contributed by atoms with Gasteiger partial charge in [-0.25, -0.2) is 0 Å². The number of hydrogen-bond donors (Lipinski definition) is 1. The summed E-state index contributed by atoms with van der Waals surface area (Å²) in [6.07, 6.45) is 0. The highest BCUT2D eigenvalue weighted by Gasteiger charge is 2.36. The maximum atomic E-state index is 12.8. The Kier molecular flexibility index (Phi) is 4.83. The van der Waals surface area contributed by atoms with Crippen molar-refractivity contribution in [2.45, 2.75) is 6.54 Å². The SMILES string of the molecule is CN(NC(=O)c1ccc2c(c1)C(=O)N(Cc1ccccc1)C2=O)c1ccccc1. The number of imide groups is 1. The Bertz CT molecular complexity index is 1080. The Hall–Kier alpha value is -3.93. The average molecular weight is 385 g/mol. The molecule has 1 N–H and O–H groups in total. The van der Waals surface area contributed by atoms with E-state index < -0.39 is 0 Å². The highest BCUT2D eigenvalue weighted by atomic mass is 16.2. The number of hydrazine groups is 1. The summed E-state index contributed by atoms with van der Waals surface area (Å²) in [6.45, 7) is 0.200. The molecule has 3 aromatic carbocycles. The fourth-order valence-electron chi connectivity index (χ4n) is 3.27. The lowest BCUT2D eigenvalue weighted by Crippen LogP contribution is -2.39. The van der Waals surface area contributed by atoms with Crippen LogP contribution in [0.15, 0.2) is 78.9 Å². The summed E-state index contributed by atoms with van der Waals surface area (Å²) in [5.74, 6) is -1.09. The predicted octanol–water partition coefficient (Wildman–Crippen LogP) is 3.26. The summed E-state index contributed by atoms with van der Waals surface area (Å²) < 4.78 is 0. The second-order valence-corrected chi connectivity index (χ2v) is 6.78. The van der Waals surface area contributed by atoms with Crippen LogP contribution in [0, 0.1) is 0 Å². The molecular formula is C23H19N3O3. The lowest BCUT2D eigenvalue weighted by molar-refractivity contribution is 0.0642. The van der Waals surface area contributed by atoms with Crippen LogP contribution in [0.2, 0.25) is 0 Å². The van der Waals surface area contributed by atoms with Gasteiger partial charge in [-0.05, 0) is 35.9 Å². The number of carbonyl (C=O) groups is 3. The molecule has 144 valence electrons. The largest absolute Gasteiger partial charge is 0.288 e. The van der Waals surface area contributed by atoms with Gasteiger partial charge in [-0.1, -0.05) is 48.5 Å². The van der Waals surface area contributed by atoms with E-state index in [1.807, 2.05) is 60.7 Å². The first-order chi connectivity index (χ1) is 14.0. The van der Waals surface area contributed by atoms with E-state index in [4.69, 9.17) is 0 Å². The molecule has 1 heterocycles. The molecule has 4 rings (SSSR count). The Morgan fingerprint density at radius 1 is 0.862 bits per heavy atom. The molecule has 0 spiro atoms. The number of nitrogens with zero attached hydrogens (tertiary/aromatic N) is 2. The van der Waals surface area contributed by atoms with Crippen LogP contribution in [0.3, 0.4) is 0 Å². The number of anilines is 1. The third-order valence-electron chi connectivity index (χ3n) is 4.83. The predicted molar refractivity (Wildman–Crippen MR) is 109 cm³/mol. The number of para-hydroxylation sites is 1. The molecule has 0 aliphatic carbocycles. The molecular weight excluding hydrogens is 366 g/mol. The van der Waals surface area contributed by atoms with Crippen LogP contribution in [0.25, 0.3) is 0 Å². The van der Waals surface area contributed by atoms with E-state index in [-0.39, 0.29) is 29.8 Å². The summed E-state index contributed by atoms with van der Waals surface area (Å²) in [7, 11) is 1.73. The second kappa shape index (κ2) is 7.59. The fraction of sp³-hybridized carbons (Fsp3) is 0.0870. The Morgan fingerprint density at radius 3 is 2.17 bits per heavy atom. The molecule has 6 nitrogen and oxygen atoms in total. The molecule has 6 heteroatoms. The highest BCUT2D eigenvalue weighted by molar-refractivity contribution is 6.22. The van der Waals surface area contributed by atoms with Crippen molar-refractivity contribution in [1.82, 2.24) is 10.3 Å². The number of amides is 3. The van der Waals surface area contributed by atoms with Crippen LogP contribution in [0.1, 0.15) is 36.6 Å². The van der Waals surface area contributed by atoms with Crippen molar-refractivity contribution in [3.63, 3.8) is 0 Å². The third-order valence-corrected chi connectivity index (χ3v) is 4.83. The van der Waals surface area contributed by atoms with Crippen LogP contribution < -0.4 is 10.4 Å². The number of hydrogen-bond acceptors (Lipinski definition) is 4. The first-order valence-corrected chi connectivity index (χ1v) is 9.18. The van der Waals surface area contributed by atoms with Gasteiger partial charge >= 0.3 is 0 Å². The third kappa shape index (κ3) is 3.60. The summed E-state index contributed by atoms with van der Waals surface area (Å²) in [4.78, 5) is 39.3. The molecule has 1 aliphatic heterocycles. The van der Waals surface area contributed by atoms with E-state index in [1.54, 1.807) is 18.1 Å². The molecule has 0 fully saturated rings. The summed E-state index contributed by atoms with van der Waals surface area (Å²) in [5, 5.41) is 1.60. The monoisotopic (exact) mass is 385 g/mol. The van der Waals surface area contributed by atoms with E-state index in [1.165, 1.54) is 17.0 Å². The molecule has 0 saturated carbocycles. The quantitative estimate of drug-likeness (QED) is 0.541. The molecule has 0 aromatic heterocycles. The Labute approximate surface area is 168 Å². The summed E-state index contributed by atoms with van der Waals surface area (Å²) in [6, 6.07) is 23.3. The van der Waals surface area contributed by atoms with Gasteiger partial charge in [-0.15, -0.1) is 0 Å². The average Bonchev–Trinajstić information content (AvgIpc) is 2.99. The van der Waals surface area contributed by atoms with Crippen molar-refractivity contribution in [3.8, 4) is 0 Å². The molecule has 0 bridgehead atoms. The lowest BCUT2D eigenvalue weighted by Gasteiger charge is -2.20. The second-order valence-electron chi connectivity index (χ2n) is 6.78. The Balaban J connectivity index is 1.53. The lowest BCUT2D eigenvalue weighted by atomic mass is 10.1. The van der Waals surface area contributed by atoms with Gasteiger partial charge in [0.15, 0.2) is 0 Å². The first kappa shape index (κ1) is 18.4. The minimum atomic E-state index is -0.389. The van der Waals surface area contributed by atoms with Gasteiger partial charge in [0.05, 0.1) is 23.4 Å². The zero-order chi connectivity index (χ0) is 20.4. The van der Waals surface area contributed by atoms with Crippen molar-refractivity contribution in [2.75, 3.05) is 12.1 Å².